The molecule has 5 aromatic rings. The van der Waals surface area contributed by atoms with Gasteiger partial charge >= 0.3 is 0 Å². The smallest absolute Gasteiger partial charge is 0.214 e. The molecular weight excluding hydrogens is 408 g/mol. The number of ether oxygens (including phenoxy) is 1. The Kier molecular flexibility index (Phi) is 5.10. The Labute approximate surface area is 184 Å². The maximum Gasteiger partial charge on any atom is 0.214 e. The number of hydrogen-bond acceptors (Lipinski definition) is 3. The Bertz CT molecular complexity index is 1390. The largest absolute Gasteiger partial charge is 0.494 e. The lowest BCUT2D eigenvalue weighted by molar-refractivity contribution is -0.346. The van der Waals surface area contributed by atoms with Crippen LogP contribution in [0.2, 0.25) is 5.15 Å². The third-order valence-corrected chi connectivity index (χ3v) is 5.34. The van der Waals surface area contributed by atoms with E-state index in [-0.39, 0.29) is 0 Å². The lowest BCUT2D eigenvalue weighted by atomic mass is 10.1. The van der Waals surface area contributed by atoms with Crippen LogP contribution >= 0.6 is 11.6 Å². The quantitative estimate of drug-likeness (QED) is 0.316. The van der Waals surface area contributed by atoms with Crippen molar-refractivity contribution >= 4 is 45.4 Å². The van der Waals surface area contributed by atoms with Gasteiger partial charge in [0.25, 0.3) is 0 Å². The molecule has 2 aromatic heterocycles. The number of benzene rings is 3. The second kappa shape index (κ2) is 8.20. The number of aromatic amines is 1. The van der Waals surface area contributed by atoms with E-state index in [4.69, 9.17) is 21.3 Å². The zero-order chi connectivity index (χ0) is 21.2. The number of aromatic nitrogens is 3. The number of rotatable bonds is 5. The molecule has 0 aliphatic heterocycles. The van der Waals surface area contributed by atoms with Crippen LogP contribution in [0.15, 0.2) is 72.8 Å². The van der Waals surface area contributed by atoms with Crippen LogP contribution in [-0.2, 0) is 0 Å². The van der Waals surface area contributed by atoms with Crippen LogP contribution in [0.25, 0.3) is 33.3 Å². The number of H-pyrrole nitrogens is 1. The number of halogens is 1. The van der Waals surface area contributed by atoms with Crippen LogP contribution in [-0.4, -0.2) is 27.8 Å². The van der Waals surface area contributed by atoms with Crippen molar-refractivity contribution < 1.29 is 9.73 Å². The molecule has 0 unspecified atom stereocenters. The molecule has 0 fully saturated rings. The van der Waals surface area contributed by atoms with Gasteiger partial charge in [-0.25, -0.2) is 15.0 Å². The van der Waals surface area contributed by atoms with E-state index in [1.165, 1.54) is 0 Å². The third kappa shape index (κ3) is 3.88. The van der Waals surface area contributed by atoms with Gasteiger partial charge in [0.15, 0.2) is 6.21 Å². The van der Waals surface area contributed by atoms with Crippen LogP contribution in [0.5, 0.6) is 5.75 Å². The molecule has 0 bridgehead atoms. The van der Waals surface area contributed by atoms with Crippen molar-refractivity contribution in [2.45, 2.75) is 6.92 Å². The average Bonchev–Trinajstić information content (AvgIpc) is 3.22. The first-order chi connectivity index (χ1) is 15.2. The summed E-state index contributed by atoms with van der Waals surface area (Å²) in [7, 11) is 0. The summed E-state index contributed by atoms with van der Waals surface area (Å²) in [5.74, 6) is 1.59. The van der Waals surface area contributed by atoms with Gasteiger partial charge in [-0.05, 0) is 43.3 Å². The number of hydrogen-bond donors (Lipinski definition) is 2. The van der Waals surface area contributed by atoms with Crippen LogP contribution in [0.1, 0.15) is 12.5 Å². The summed E-state index contributed by atoms with van der Waals surface area (Å²) in [4.78, 5) is 16.0. The van der Waals surface area contributed by atoms with Gasteiger partial charge in [0.1, 0.15) is 16.7 Å². The van der Waals surface area contributed by atoms with Crippen LogP contribution < -0.4 is 9.73 Å². The molecule has 0 aliphatic rings. The molecule has 0 saturated carbocycles. The minimum Gasteiger partial charge on any atom is -0.494 e. The van der Waals surface area contributed by atoms with Crippen LogP contribution in [0, 0.1) is 0 Å². The van der Waals surface area contributed by atoms with Gasteiger partial charge in [-0.3, -0.25) is 0 Å². The summed E-state index contributed by atoms with van der Waals surface area (Å²) < 4.78 is 5.55. The minimum atomic E-state index is 0.426. The molecule has 3 aromatic carbocycles. The molecule has 0 radical (unpaired) electrons. The normalized spacial score (nSPS) is 11.5. The molecule has 152 valence electrons. The molecule has 2 N–H and O–H groups in total. The molecule has 5 rings (SSSR count). The molecule has 6 heteroatoms. The molecule has 0 amide bonds. The van der Waals surface area contributed by atoms with Crippen molar-refractivity contribution in [3.8, 4) is 17.1 Å². The van der Waals surface area contributed by atoms with E-state index in [0.717, 1.165) is 50.3 Å². The molecule has 0 aliphatic carbocycles. The van der Waals surface area contributed by atoms with Crippen molar-refractivity contribution in [2.75, 3.05) is 6.61 Å². The highest BCUT2D eigenvalue weighted by atomic mass is 35.5. The summed E-state index contributed by atoms with van der Waals surface area (Å²) in [6.45, 7) is 2.57. The maximum absolute atomic E-state index is 6.47. The van der Waals surface area contributed by atoms with Crippen molar-refractivity contribution in [1.82, 2.24) is 15.0 Å². The van der Waals surface area contributed by atoms with Gasteiger partial charge < -0.3 is 9.72 Å². The second-order valence-electron chi connectivity index (χ2n) is 7.09. The monoisotopic (exact) mass is 427 g/mol. The molecular formula is C25H20ClN4O+. The van der Waals surface area contributed by atoms with E-state index < -0.39 is 0 Å². The van der Waals surface area contributed by atoms with Gasteiger partial charge in [0.2, 0.25) is 5.69 Å². The maximum atomic E-state index is 6.47. The Morgan fingerprint density at radius 3 is 2.68 bits per heavy atom. The van der Waals surface area contributed by atoms with E-state index in [1.54, 1.807) is 0 Å². The van der Waals surface area contributed by atoms with Crippen molar-refractivity contribution in [3.05, 3.63) is 83.5 Å². The van der Waals surface area contributed by atoms with E-state index in [1.807, 2.05) is 85.9 Å². The fourth-order valence-electron chi connectivity index (χ4n) is 3.55. The molecule has 2 heterocycles. The first-order valence-corrected chi connectivity index (χ1v) is 10.5. The molecule has 31 heavy (non-hydrogen) atoms. The van der Waals surface area contributed by atoms with Gasteiger partial charge in [-0.15, -0.1) is 0 Å². The van der Waals surface area contributed by atoms with Crippen molar-refractivity contribution in [3.63, 3.8) is 0 Å². The highest BCUT2D eigenvalue weighted by Crippen LogP contribution is 2.25. The minimum absolute atomic E-state index is 0.426. The topological polar surface area (TPSA) is 64.8 Å². The third-order valence-electron chi connectivity index (χ3n) is 5.04. The zero-order valence-corrected chi connectivity index (χ0v) is 17.6. The lowest BCUT2D eigenvalue weighted by Crippen LogP contribution is -2.62. The zero-order valence-electron chi connectivity index (χ0n) is 16.9. The number of nitrogens with one attached hydrogen (secondary N) is 2. The first kappa shape index (κ1) is 19.3. The predicted octanol–water partition coefficient (Wildman–Crippen LogP) is 4.66. The standard InChI is InChI=1S/C25H19ClN4O/c1-2-31-18-12-11-16-13-17(24(26)28-23(16)14-18)15-27-20-8-4-3-7-19(20)25-29-21-9-5-6-10-22(21)30-25/h3-15H,2H2,1H3,(H,29,30)/p+1. The summed E-state index contributed by atoms with van der Waals surface area (Å²) in [6.07, 6.45) is 1.87. The van der Waals surface area contributed by atoms with Gasteiger partial charge in [-0.2, -0.15) is 0 Å². The number of nitrogens with zero attached hydrogens (tertiary/aromatic N) is 2. The Morgan fingerprint density at radius 2 is 1.81 bits per heavy atom. The average molecular weight is 428 g/mol. The molecule has 0 spiro atoms. The van der Waals surface area contributed by atoms with Gasteiger partial charge in [0.05, 0.1) is 34.3 Å². The van der Waals surface area contributed by atoms with E-state index in [0.29, 0.717) is 11.8 Å². The number of pyridine rings is 1. The van der Waals surface area contributed by atoms with Crippen LogP contribution in [0.3, 0.4) is 0 Å². The summed E-state index contributed by atoms with van der Waals surface area (Å²) in [6, 6.07) is 23.9. The van der Waals surface area contributed by atoms with E-state index >= 15 is 0 Å². The fourth-order valence-corrected chi connectivity index (χ4v) is 3.75. The van der Waals surface area contributed by atoms with E-state index in [2.05, 4.69) is 15.0 Å². The van der Waals surface area contributed by atoms with Gasteiger partial charge in [0, 0.05) is 17.5 Å². The molecule has 5 nitrogen and oxygen atoms in total. The summed E-state index contributed by atoms with van der Waals surface area (Å²) in [5.41, 5.74) is 5.44. The number of fused-ring (bicyclic) bond motifs is 2. The van der Waals surface area contributed by atoms with Crippen molar-refractivity contribution in [1.29, 1.82) is 0 Å². The fraction of sp³-hybridized carbons (Fsp3) is 0.0800. The summed E-state index contributed by atoms with van der Waals surface area (Å²) in [5, 5.41) is 1.42. The number of imidazole rings is 1. The van der Waals surface area contributed by atoms with Crippen LogP contribution in [0.4, 0.5) is 5.69 Å². The SMILES string of the molecule is CCOc1ccc2cc(C=[NH+]c3ccccc3-c3nc4ccccc4[nH]3)c(Cl)nc2c1. The van der Waals surface area contributed by atoms with E-state index in [9.17, 15) is 0 Å². The lowest BCUT2D eigenvalue weighted by Gasteiger charge is -2.05. The predicted molar refractivity (Wildman–Crippen MR) is 125 cm³/mol. The molecule has 0 saturated heterocycles. The van der Waals surface area contributed by atoms with Crippen molar-refractivity contribution in [2.24, 2.45) is 0 Å². The van der Waals surface area contributed by atoms with Gasteiger partial charge in [-0.1, -0.05) is 35.9 Å². The highest BCUT2D eigenvalue weighted by Gasteiger charge is 2.13. The second-order valence-corrected chi connectivity index (χ2v) is 7.45. The highest BCUT2D eigenvalue weighted by molar-refractivity contribution is 6.32. The first-order valence-electron chi connectivity index (χ1n) is 10.1. The Hall–Kier alpha value is -3.70. The molecule has 0 atom stereocenters. The Morgan fingerprint density at radius 1 is 0.968 bits per heavy atom. The summed E-state index contributed by atoms with van der Waals surface area (Å²) >= 11 is 6.47. The number of para-hydroxylation sites is 3. The Balaban J connectivity index is 1.51.